The number of hydrogen-bond acceptors (Lipinski definition) is 6. The lowest BCUT2D eigenvalue weighted by Gasteiger charge is -2.05. The van der Waals surface area contributed by atoms with Gasteiger partial charge in [-0.15, -0.1) is 11.3 Å². The molecule has 3 rings (SSSR count). The van der Waals surface area contributed by atoms with Gasteiger partial charge in [-0.1, -0.05) is 18.2 Å². The molecule has 5 nitrogen and oxygen atoms in total. The van der Waals surface area contributed by atoms with Crippen LogP contribution < -0.4 is 5.11 Å². The first-order valence-corrected chi connectivity index (χ1v) is 7.69. The zero-order valence-electron chi connectivity index (χ0n) is 11.6. The smallest absolute Gasteiger partial charge is 0.211 e. The summed E-state index contributed by atoms with van der Waals surface area (Å²) in [5.74, 6) is -1.46. The predicted octanol–water partition coefficient (Wildman–Crippen LogP) is 2.38. The Morgan fingerprint density at radius 2 is 2.23 bits per heavy atom. The number of aromatic nitrogens is 1. The van der Waals surface area contributed by atoms with E-state index in [1.807, 2.05) is 31.2 Å². The quantitative estimate of drug-likeness (QED) is 0.876. The Bertz CT molecular complexity index is 890. The van der Waals surface area contributed by atoms with Crippen LogP contribution in [-0.2, 0) is 11.3 Å². The highest BCUT2D eigenvalue weighted by molar-refractivity contribution is 7.73. The van der Waals surface area contributed by atoms with Gasteiger partial charge in [-0.3, -0.25) is 9.56 Å². The van der Waals surface area contributed by atoms with Gasteiger partial charge in [0.15, 0.2) is 3.95 Å². The fraction of sp³-hybridized carbons (Fsp3) is 0.133. The maximum atomic E-state index is 10.7. The summed E-state index contributed by atoms with van der Waals surface area (Å²) < 4.78 is 1.43. The molecule has 0 aliphatic carbocycles. The maximum absolute atomic E-state index is 10.7. The van der Waals surface area contributed by atoms with Gasteiger partial charge in [0.2, 0.25) is 5.88 Å². The standard InChI is InChI=1S/C15H12N2O3S2/c1-8-10(9-4-2-3-5-11(9)16-8)6-12-14(20)17(7-13(18)19)15(21)22-12/h2-6,20H,7H2,1H3,(H,18,19)/p-1/b10-6+. The number of aliphatic carboxylic acids is 1. The van der Waals surface area contributed by atoms with Crippen LogP contribution in [0.5, 0.6) is 5.88 Å². The molecule has 0 atom stereocenters. The molecule has 1 aliphatic heterocycles. The Balaban J connectivity index is 2.09. The number of carbonyl (C=O) groups excluding carboxylic acids is 1. The zero-order chi connectivity index (χ0) is 15.9. The SMILES string of the molecule is CC1=Nc2ccccc2/C1=C/c1sc(=S)n(CC(=O)[O-])c1O. The van der Waals surface area contributed by atoms with Crippen molar-refractivity contribution >= 4 is 52.6 Å². The molecule has 7 heteroatoms. The summed E-state index contributed by atoms with van der Waals surface area (Å²) in [6, 6.07) is 7.71. The van der Waals surface area contributed by atoms with Gasteiger partial charge in [0.05, 0.1) is 23.1 Å². The normalized spacial score (nSPS) is 15.0. The molecule has 22 heavy (non-hydrogen) atoms. The van der Waals surface area contributed by atoms with Crippen LogP contribution >= 0.6 is 23.6 Å². The molecule has 0 amide bonds. The second kappa shape index (κ2) is 5.51. The molecule has 0 saturated carbocycles. The minimum Gasteiger partial charge on any atom is -0.548 e. The number of rotatable bonds is 3. The Labute approximate surface area is 135 Å². The highest BCUT2D eigenvalue weighted by Gasteiger charge is 2.19. The number of aliphatic imine (C=N–C) groups is 1. The van der Waals surface area contributed by atoms with Crippen molar-refractivity contribution in [3.63, 3.8) is 0 Å². The number of thiazole rings is 1. The summed E-state index contributed by atoms with van der Waals surface area (Å²) in [6.45, 7) is 1.42. The van der Waals surface area contributed by atoms with Crippen molar-refractivity contribution in [1.29, 1.82) is 0 Å². The minimum atomic E-state index is -1.30. The predicted molar refractivity (Wildman–Crippen MR) is 86.9 cm³/mol. The van der Waals surface area contributed by atoms with E-state index in [9.17, 15) is 15.0 Å². The van der Waals surface area contributed by atoms with Crippen LogP contribution in [0, 0.1) is 3.95 Å². The Hall–Kier alpha value is -2.25. The number of carbonyl (C=O) groups is 1. The van der Waals surface area contributed by atoms with E-state index in [1.54, 1.807) is 6.08 Å². The number of allylic oxidation sites excluding steroid dienone is 1. The number of hydrogen-bond donors (Lipinski definition) is 1. The Morgan fingerprint density at radius 1 is 1.50 bits per heavy atom. The summed E-state index contributed by atoms with van der Waals surface area (Å²) in [5, 5.41) is 20.9. The van der Waals surface area contributed by atoms with E-state index in [0.29, 0.717) is 4.88 Å². The molecule has 0 saturated heterocycles. The largest absolute Gasteiger partial charge is 0.548 e. The number of carboxylic acids is 1. The summed E-state index contributed by atoms with van der Waals surface area (Å²) >= 11 is 6.25. The second-order valence-corrected chi connectivity index (χ2v) is 6.46. The number of para-hydroxylation sites is 1. The summed E-state index contributed by atoms with van der Waals surface area (Å²) in [4.78, 5) is 15.7. The summed E-state index contributed by atoms with van der Waals surface area (Å²) in [6.07, 6.45) is 1.78. The highest BCUT2D eigenvalue weighted by Crippen LogP contribution is 2.38. The van der Waals surface area contributed by atoms with Crippen LogP contribution in [0.2, 0.25) is 0 Å². The third-order valence-corrected chi connectivity index (χ3v) is 4.71. The average molecular weight is 331 g/mol. The molecule has 0 unspecified atom stereocenters. The van der Waals surface area contributed by atoms with Crippen molar-refractivity contribution in [2.24, 2.45) is 4.99 Å². The number of fused-ring (bicyclic) bond motifs is 1. The lowest BCUT2D eigenvalue weighted by atomic mass is 10.0. The molecule has 2 aromatic rings. The van der Waals surface area contributed by atoms with Gasteiger partial charge in [0, 0.05) is 16.8 Å². The van der Waals surface area contributed by atoms with Gasteiger partial charge in [0.25, 0.3) is 0 Å². The van der Waals surface area contributed by atoms with Crippen LogP contribution in [0.15, 0.2) is 29.3 Å². The summed E-state index contributed by atoms with van der Waals surface area (Å²) in [7, 11) is 0. The van der Waals surface area contributed by atoms with Crippen molar-refractivity contribution in [1.82, 2.24) is 4.57 Å². The Morgan fingerprint density at radius 3 is 2.95 bits per heavy atom. The number of aromatic hydroxyl groups is 1. The van der Waals surface area contributed by atoms with E-state index >= 15 is 0 Å². The van der Waals surface area contributed by atoms with E-state index in [0.717, 1.165) is 38.4 Å². The lowest BCUT2D eigenvalue weighted by Crippen LogP contribution is -2.27. The van der Waals surface area contributed by atoms with Crippen molar-refractivity contribution in [2.75, 3.05) is 0 Å². The van der Waals surface area contributed by atoms with E-state index in [2.05, 4.69) is 4.99 Å². The van der Waals surface area contributed by atoms with Gasteiger partial charge in [-0.25, -0.2) is 0 Å². The highest BCUT2D eigenvalue weighted by atomic mass is 32.1. The van der Waals surface area contributed by atoms with Crippen LogP contribution in [0.3, 0.4) is 0 Å². The third kappa shape index (κ3) is 2.49. The van der Waals surface area contributed by atoms with Gasteiger partial charge in [-0.2, -0.15) is 0 Å². The van der Waals surface area contributed by atoms with E-state index in [4.69, 9.17) is 12.2 Å². The van der Waals surface area contributed by atoms with Gasteiger partial charge >= 0.3 is 0 Å². The molecule has 1 aliphatic rings. The molecule has 0 fully saturated rings. The van der Waals surface area contributed by atoms with Gasteiger partial charge in [0.1, 0.15) is 0 Å². The van der Waals surface area contributed by atoms with E-state index in [1.165, 1.54) is 0 Å². The average Bonchev–Trinajstić information content (AvgIpc) is 2.91. The minimum absolute atomic E-state index is 0.163. The van der Waals surface area contributed by atoms with Gasteiger partial charge in [-0.05, 0) is 31.3 Å². The van der Waals surface area contributed by atoms with Crippen molar-refractivity contribution in [2.45, 2.75) is 13.5 Å². The molecule has 0 spiro atoms. The van der Waals surface area contributed by atoms with Gasteiger partial charge < -0.3 is 15.0 Å². The monoisotopic (exact) mass is 331 g/mol. The molecule has 0 radical (unpaired) electrons. The molecule has 0 bridgehead atoms. The van der Waals surface area contributed by atoms with E-state index < -0.39 is 12.5 Å². The fourth-order valence-electron chi connectivity index (χ4n) is 2.32. The fourth-order valence-corrected chi connectivity index (χ4v) is 3.57. The van der Waals surface area contributed by atoms with Crippen molar-refractivity contribution in [3.8, 4) is 5.88 Å². The molecule has 1 aromatic carbocycles. The molecule has 1 aromatic heterocycles. The first-order valence-electron chi connectivity index (χ1n) is 6.46. The first-order chi connectivity index (χ1) is 10.5. The molecule has 2 heterocycles. The molecular formula is C15H11N2O3S2-. The first kappa shape index (κ1) is 14.7. The van der Waals surface area contributed by atoms with E-state index in [-0.39, 0.29) is 9.83 Å². The topological polar surface area (TPSA) is 77.7 Å². The summed E-state index contributed by atoms with van der Waals surface area (Å²) in [5.41, 5.74) is 3.59. The third-order valence-electron chi connectivity index (χ3n) is 3.33. The molecule has 112 valence electrons. The maximum Gasteiger partial charge on any atom is 0.211 e. The second-order valence-electron chi connectivity index (χ2n) is 4.79. The van der Waals surface area contributed by atoms with Crippen LogP contribution in [0.1, 0.15) is 17.4 Å². The van der Waals surface area contributed by atoms with Crippen LogP contribution in [-0.4, -0.2) is 21.4 Å². The molecular weight excluding hydrogens is 320 g/mol. The number of benzene rings is 1. The molecule has 1 N–H and O–H groups in total. The van der Waals surface area contributed by atoms with Crippen LogP contribution in [0.25, 0.3) is 11.6 Å². The Kier molecular flexibility index (Phi) is 3.67. The van der Waals surface area contributed by atoms with Crippen LogP contribution in [0.4, 0.5) is 5.69 Å². The van der Waals surface area contributed by atoms with Crippen molar-refractivity contribution < 1.29 is 15.0 Å². The van der Waals surface area contributed by atoms with Crippen molar-refractivity contribution in [3.05, 3.63) is 38.7 Å². The lowest BCUT2D eigenvalue weighted by molar-refractivity contribution is -0.306. The number of carboxylic acid groups (broad SMARTS) is 1. The zero-order valence-corrected chi connectivity index (χ0v) is 13.2. The number of nitrogens with zero attached hydrogens (tertiary/aromatic N) is 2.